The minimum atomic E-state index is -1.13. The number of esters is 2. The van der Waals surface area contributed by atoms with E-state index in [1.807, 2.05) is 0 Å². The molecule has 1 rings (SSSR count). The Hall–Kier alpha value is -0.750. The van der Waals surface area contributed by atoms with Crippen molar-refractivity contribution in [2.75, 3.05) is 25.7 Å². The minimum absolute atomic E-state index is 0.187. The Balaban J connectivity index is 2.72. The van der Waals surface area contributed by atoms with Crippen molar-refractivity contribution in [2.24, 2.45) is 11.8 Å². The summed E-state index contributed by atoms with van der Waals surface area (Å²) in [7, 11) is 2.50. The molecule has 0 amide bonds. The molecule has 1 aliphatic heterocycles. The van der Waals surface area contributed by atoms with Crippen molar-refractivity contribution in [2.45, 2.75) is 0 Å². The van der Waals surface area contributed by atoms with E-state index in [1.54, 1.807) is 0 Å². The lowest BCUT2D eigenvalue weighted by atomic mass is 9.96. The zero-order valence-electron chi connectivity index (χ0n) is 8.02. The van der Waals surface area contributed by atoms with Crippen molar-refractivity contribution in [1.29, 1.82) is 0 Å². The van der Waals surface area contributed by atoms with E-state index in [0.29, 0.717) is 0 Å². The van der Waals surface area contributed by atoms with Gasteiger partial charge in [0.15, 0.2) is 0 Å². The van der Waals surface area contributed by atoms with Crippen LogP contribution in [0.4, 0.5) is 0 Å². The van der Waals surface area contributed by atoms with Crippen LogP contribution in [0.5, 0.6) is 0 Å². The molecule has 1 saturated heterocycles. The molecule has 0 aromatic heterocycles. The molecule has 5 nitrogen and oxygen atoms in total. The van der Waals surface area contributed by atoms with E-state index in [1.165, 1.54) is 14.2 Å². The average Bonchev–Trinajstić information content (AvgIpc) is 2.58. The Bertz CT molecular complexity index is 218. The van der Waals surface area contributed by atoms with E-state index in [0.717, 1.165) is 0 Å². The second-order valence-electron chi connectivity index (χ2n) is 3.03. The van der Waals surface area contributed by atoms with Crippen molar-refractivity contribution in [1.82, 2.24) is 0 Å². The lowest BCUT2D eigenvalue weighted by Gasteiger charge is -2.10. The van der Waals surface area contributed by atoms with Gasteiger partial charge in [-0.3, -0.25) is 9.59 Å². The molecule has 0 aromatic carbocycles. The summed E-state index contributed by atoms with van der Waals surface area (Å²) in [4.78, 5) is 22.5. The van der Waals surface area contributed by atoms with Gasteiger partial charge in [-0.25, -0.2) is 0 Å². The fourth-order valence-electron chi connectivity index (χ4n) is 1.47. The minimum Gasteiger partial charge on any atom is -0.616 e. The maximum Gasteiger partial charge on any atom is 0.314 e. The number of methoxy groups -OCH3 is 2. The second kappa shape index (κ2) is 4.65. The van der Waals surface area contributed by atoms with E-state index in [4.69, 9.17) is 0 Å². The standard InChI is InChI=1S/C8H12O5S/c1-12-7(9)5-3-14(11)4-6(5)8(10)13-2/h5-6H,3-4H2,1-2H3/t5-,6-/m1/s1. The Labute approximate surface area is 84.9 Å². The summed E-state index contributed by atoms with van der Waals surface area (Å²) >= 11 is -1.13. The van der Waals surface area contributed by atoms with Crippen LogP contribution < -0.4 is 0 Å². The largest absolute Gasteiger partial charge is 0.616 e. The van der Waals surface area contributed by atoms with E-state index in [9.17, 15) is 14.1 Å². The first-order chi connectivity index (χ1) is 6.60. The van der Waals surface area contributed by atoms with Gasteiger partial charge in [-0.1, -0.05) is 11.2 Å². The van der Waals surface area contributed by atoms with E-state index in [-0.39, 0.29) is 11.5 Å². The molecule has 1 heterocycles. The number of carbonyl (C=O) groups excluding carboxylic acids is 2. The Morgan fingerprint density at radius 1 is 1.14 bits per heavy atom. The normalized spacial score (nSPS) is 27.4. The van der Waals surface area contributed by atoms with Gasteiger partial charge < -0.3 is 14.0 Å². The van der Waals surface area contributed by atoms with Crippen LogP contribution in [0.15, 0.2) is 0 Å². The fraction of sp³-hybridized carbons (Fsp3) is 0.750. The summed E-state index contributed by atoms with van der Waals surface area (Å²) in [5, 5.41) is 0. The Kier molecular flexibility index (Phi) is 3.77. The Morgan fingerprint density at radius 3 is 1.79 bits per heavy atom. The highest BCUT2D eigenvalue weighted by atomic mass is 32.2. The van der Waals surface area contributed by atoms with E-state index >= 15 is 0 Å². The summed E-state index contributed by atoms with van der Waals surface area (Å²) in [6.07, 6.45) is 0. The molecule has 0 aromatic rings. The van der Waals surface area contributed by atoms with Crippen LogP contribution in [0.1, 0.15) is 0 Å². The maximum absolute atomic E-state index is 11.2. The van der Waals surface area contributed by atoms with Crippen molar-refractivity contribution < 1.29 is 23.6 Å². The quantitative estimate of drug-likeness (QED) is 0.455. The van der Waals surface area contributed by atoms with Gasteiger partial charge in [-0.2, -0.15) is 0 Å². The average molecular weight is 220 g/mol. The fourth-order valence-corrected chi connectivity index (χ4v) is 3.14. The molecule has 2 atom stereocenters. The van der Waals surface area contributed by atoms with Crippen molar-refractivity contribution in [3.8, 4) is 0 Å². The molecule has 14 heavy (non-hydrogen) atoms. The van der Waals surface area contributed by atoms with Crippen LogP contribution in [0, 0.1) is 11.8 Å². The van der Waals surface area contributed by atoms with Crippen molar-refractivity contribution in [3.63, 3.8) is 0 Å². The Morgan fingerprint density at radius 2 is 1.50 bits per heavy atom. The first kappa shape index (κ1) is 11.3. The van der Waals surface area contributed by atoms with Crippen LogP contribution in [-0.4, -0.2) is 42.2 Å². The highest BCUT2D eigenvalue weighted by molar-refractivity contribution is 7.91. The number of hydrogen-bond acceptors (Lipinski definition) is 5. The predicted octanol–water partition coefficient (Wildman–Crippen LogP) is -0.673. The monoisotopic (exact) mass is 220 g/mol. The van der Waals surface area contributed by atoms with Gasteiger partial charge >= 0.3 is 11.9 Å². The first-order valence-electron chi connectivity index (χ1n) is 4.10. The zero-order chi connectivity index (χ0) is 10.7. The summed E-state index contributed by atoms with van der Waals surface area (Å²) in [5.41, 5.74) is 0. The maximum atomic E-state index is 11.2. The number of carbonyl (C=O) groups is 2. The van der Waals surface area contributed by atoms with Crippen LogP contribution in [0.3, 0.4) is 0 Å². The lowest BCUT2D eigenvalue weighted by molar-refractivity contribution is -0.155. The van der Waals surface area contributed by atoms with Crippen molar-refractivity contribution >= 4 is 23.1 Å². The summed E-state index contributed by atoms with van der Waals surface area (Å²) in [6.45, 7) is 0. The van der Waals surface area contributed by atoms with Gasteiger partial charge in [-0.15, -0.1) is 0 Å². The topological polar surface area (TPSA) is 75.7 Å². The molecule has 6 heteroatoms. The van der Waals surface area contributed by atoms with Gasteiger partial charge in [0.1, 0.15) is 23.3 Å². The molecular formula is C8H12O5S. The number of hydrogen-bond donors (Lipinski definition) is 0. The highest BCUT2D eigenvalue weighted by Crippen LogP contribution is 2.27. The summed E-state index contributed by atoms with van der Waals surface area (Å²) < 4.78 is 20.3. The molecule has 0 radical (unpaired) electrons. The third-order valence-corrected chi connectivity index (χ3v) is 3.69. The molecule has 1 fully saturated rings. The van der Waals surface area contributed by atoms with Crippen LogP contribution in [0.2, 0.25) is 0 Å². The lowest BCUT2D eigenvalue weighted by Crippen LogP contribution is -2.30. The molecule has 0 spiro atoms. The highest BCUT2D eigenvalue weighted by Gasteiger charge is 2.47. The third-order valence-electron chi connectivity index (χ3n) is 2.22. The number of rotatable bonds is 2. The molecular weight excluding hydrogens is 208 g/mol. The van der Waals surface area contributed by atoms with Gasteiger partial charge in [0.05, 0.1) is 14.2 Å². The van der Waals surface area contributed by atoms with E-state index in [2.05, 4.69) is 9.47 Å². The molecule has 1 aliphatic rings. The van der Waals surface area contributed by atoms with Crippen LogP contribution in [0.25, 0.3) is 0 Å². The van der Waals surface area contributed by atoms with E-state index < -0.39 is 35.0 Å². The summed E-state index contributed by atoms with van der Waals surface area (Å²) in [6, 6.07) is 0. The second-order valence-corrected chi connectivity index (χ2v) is 4.58. The third kappa shape index (κ3) is 2.19. The molecule has 0 N–H and O–H groups in total. The van der Waals surface area contributed by atoms with Crippen molar-refractivity contribution in [3.05, 3.63) is 0 Å². The van der Waals surface area contributed by atoms with Gasteiger partial charge in [0, 0.05) is 0 Å². The van der Waals surface area contributed by atoms with Crippen LogP contribution >= 0.6 is 0 Å². The SMILES string of the molecule is COC(=O)[C@@H]1C[S+]([O-])C[C@H]1C(=O)OC. The smallest absolute Gasteiger partial charge is 0.314 e. The molecule has 0 unspecified atom stereocenters. The predicted molar refractivity (Wildman–Crippen MR) is 48.9 cm³/mol. The van der Waals surface area contributed by atoms with Gasteiger partial charge in [0.25, 0.3) is 0 Å². The molecule has 0 bridgehead atoms. The molecule has 0 aliphatic carbocycles. The van der Waals surface area contributed by atoms with Gasteiger partial charge in [0.2, 0.25) is 0 Å². The van der Waals surface area contributed by atoms with Crippen LogP contribution in [-0.2, 0) is 30.2 Å². The summed E-state index contributed by atoms with van der Waals surface area (Å²) in [5.74, 6) is -1.85. The van der Waals surface area contributed by atoms with Gasteiger partial charge in [-0.05, 0) is 0 Å². The molecule has 0 saturated carbocycles. The zero-order valence-corrected chi connectivity index (χ0v) is 8.83. The molecule has 80 valence electrons. The number of ether oxygens (including phenoxy) is 2. The first-order valence-corrected chi connectivity index (χ1v) is 5.59.